The maximum absolute atomic E-state index is 12.9. The van der Waals surface area contributed by atoms with E-state index in [0.717, 1.165) is 38.4 Å². The summed E-state index contributed by atoms with van der Waals surface area (Å²) >= 11 is 0. The smallest absolute Gasteiger partial charge is 0.326 e. The Morgan fingerprint density at radius 2 is 2.00 bits per heavy atom. The van der Waals surface area contributed by atoms with Crippen molar-refractivity contribution in [1.29, 1.82) is 0 Å². The maximum atomic E-state index is 12.9. The summed E-state index contributed by atoms with van der Waals surface area (Å²) in [4.78, 5) is 12.3. The van der Waals surface area contributed by atoms with Gasteiger partial charge in [0.1, 0.15) is 0 Å². The number of alkyl halides is 3. The number of carbonyl (C=O) groups excluding carboxylic acids is 1. The van der Waals surface area contributed by atoms with Crippen molar-refractivity contribution in [2.75, 3.05) is 18.4 Å². The van der Waals surface area contributed by atoms with Gasteiger partial charge in [-0.15, -0.1) is 0 Å². The van der Waals surface area contributed by atoms with E-state index < -0.39 is 11.7 Å². The summed E-state index contributed by atoms with van der Waals surface area (Å²) in [6.07, 6.45) is -1.63. The molecule has 2 aliphatic rings. The van der Waals surface area contributed by atoms with Gasteiger partial charge < -0.3 is 10.6 Å². The van der Waals surface area contributed by atoms with Crippen molar-refractivity contribution in [3.8, 4) is 0 Å². The molecule has 1 spiro atoms. The van der Waals surface area contributed by atoms with Crippen LogP contribution in [0.3, 0.4) is 0 Å². The fourth-order valence-corrected chi connectivity index (χ4v) is 3.43. The number of amides is 1. The lowest BCUT2D eigenvalue weighted by atomic mass is 9.91. The van der Waals surface area contributed by atoms with Crippen LogP contribution in [0.1, 0.15) is 30.4 Å². The number of benzene rings is 1. The lowest BCUT2D eigenvalue weighted by Gasteiger charge is -2.23. The maximum Gasteiger partial charge on any atom is 0.416 e. The molecule has 120 valence electrons. The van der Waals surface area contributed by atoms with E-state index in [1.165, 1.54) is 19.1 Å². The van der Waals surface area contributed by atoms with Crippen LogP contribution in [0, 0.1) is 18.3 Å². The Morgan fingerprint density at radius 1 is 1.32 bits per heavy atom. The van der Waals surface area contributed by atoms with Crippen molar-refractivity contribution in [3.63, 3.8) is 0 Å². The molecule has 3 nitrogen and oxygen atoms in total. The molecule has 6 heteroatoms. The predicted molar refractivity (Wildman–Crippen MR) is 77.5 cm³/mol. The molecule has 1 aromatic rings. The molecule has 2 fully saturated rings. The Bertz CT molecular complexity index is 592. The third-order valence-electron chi connectivity index (χ3n) is 4.92. The Morgan fingerprint density at radius 3 is 2.64 bits per heavy atom. The van der Waals surface area contributed by atoms with Gasteiger partial charge in [-0.25, -0.2) is 0 Å². The zero-order valence-corrected chi connectivity index (χ0v) is 12.4. The van der Waals surface area contributed by atoms with Gasteiger partial charge in [0.15, 0.2) is 0 Å². The molecule has 1 heterocycles. The Hall–Kier alpha value is -1.56. The Kier molecular flexibility index (Phi) is 3.67. The van der Waals surface area contributed by atoms with Crippen LogP contribution in [0.25, 0.3) is 0 Å². The number of rotatable bonds is 2. The first-order chi connectivity index (χ1) is 10.3. The molecule has 1 aromatic carbocycles. The predicted octanol–water partition coefficient (Wildman–Crippen LogP) is 3.34. The fraction of sp³-hybridized carbons (Fsp3) is 0.562. The highest BCUT2D eigenvalue weighted by atomic mass is 19.4. The van der Waals surface area contributed by atoms with Crippen LogP contribution >= 0.6 is 0 Å². The molecule has 1 saturated heterocycles. The van der Waals surface area contributed by atoms with Crippen molar-refractivity contribution in [2.45, 2.75) is 32.4 Å². The van der Waals surface area contributed by atoms with Crippen LogP contribution in [0.4, 0.5) is 18.9 Å². The third-order valence-corrected chi connectivity index (χ3v) is 4.92. The van der Waals surface area contributed by atoms with E-state index in [-0.39, 0.29) is 28.5 Å². The van der Waals surface area contributed by atoms with Crippen molar-refractivity contribution in [1.82, 2.24) is 5.32 Å². The van der Waals surface area contributed by atoms with Gasteiger partial charge in [-0.2, -0.15) is 13.2 Å². The Labute approximate surface area is 127 Å². The summed E-state index contributed by atoms with van der Waals surface area (Å²) in [5.74, 6) is -0.218. The van der Waals surface area contributed by atoms with E-state index in [2.05, 4.69) is 10.6 Å². The van der Waals surface area contributed by atoms with Crippen molar-refractivity contribution in [3.05, 3.63) is 29.3 Å². The second kappa shape index (κ2) is 5.26. The third kappa shape index (κ3) is 2.84. The van der Waals surface area contributed by atoms with E-state index >= 15 is 0 Å². The van der Waals surface area contributed by atoms with Gasteiger partial charge in [-0.05, 0) is 62.4 Å². The average molecular weight is 312 g/mol. The number of piperidine rings is 1. The lowest BCUT2D eigenvalue weighted by molar-refractivity contribution is -0.138. The van der Waals surface area contributed by atoms with Crippen LogP contribution in [0.2, 0.25) is 0 Å². The SMILES string of the molecule is Cc1ccc(NC(=O)C2CC23CCNCC3)cc1C(F)(F)F. The highest BCUT2D eigenvalue weighted by Crippen LogP contribution is 2.58. The van der Waals surface area contributed by atoms with E-state index in [0.29, 0.717) is 0 Å². The molecular weight excluding hydrogens is 293 g/mol. The molecule has 3 rings (SSSR count). The quantitative estimate of drug-likeness (QED) is 0.879. The summed E-state index contributed by atoms with van der Waals surface area (Å²) in [5, 5.41) is 5.92. The first kappa shape index (κ1) is 15.3. The number of anilines is 1. The largest absolute Gasteiger partial charge is 0.416 e. The summed E-state index contributed by atoms with van der Waals surface area (Å²) in [6.45, 7) is 3.23. The molecule has 0 bridgehead atoms. The van der Waals surface area contributed by atoms with Gasteiger partial charge in [0.2, 0.25) is 5.91 Å². The van der Waals surface area contributed by atoms with E-state index in [1.54, 1.807) is 0 Å². The zero-order valence-electron chi connectivity index (χ0n) is 12.4. The molecule has 1 saturated carbocycles. The summed E-state index contributed by atoms with van der Waals surface area (Å²) < 4.78 is 38.7. The number of aryl methyl sites for hydroxylation is 1. The molecule has 1 amide bonds. The minimum atomic E-state index is -4.40. The molecule has 0 aromatic heterocycles. The second-order valence-electron chi connectivity index (χ2n) is 6.39. The van der Waals surface area contributed by atoms with Gasteiger partial charge in [-0.1, -0.05) is 6.07 Å². The number of nitrogens with one attached hydrogen (secondary N) is 2. The van der Waals surface area contributed by atoms with E-state index in [1.807, 2.05) is 0 Å². The molecule has 1 unspecified atom stereocenters. The lowest BCUT2D eigenvalue weighted by Crippen LogP contribution is -2.31. The topological polar surface area (TPSA) is 41.1 Å². The molecular formula is C16H19F3N2O. The molecule has 1 atom stereocenters. The van der Waals surface area contributed by atoms with Gasteiger partial charge in [0, 0.05) is 11.6 Å². The molecule has 1 aliphatic carbocycles. The van der Waals surface area contributed by atoms with Crippen molar-refractivity contribution in [2.24, 2.45) is 11.3 Å². The van der Waals surface area contributed by atoms with Crippen LogP contribution in [-0.4, -0.2) is 19.0 Å². The normalized spacial score (nSPS) is 23.4. The zero-order chi connectivity index (χ0) is 16.0. The monoisotopic (exact) mass is 312 g/mol. The van der Waals surface area contributed by atoms with Crippen molar-refractivity contribution < 1.29 is 18.0 Å². The van der Waals surface area contributed by atoms with E-state index in [4.69, 9.17) is 0 Å². The van der Waals surface area contributed by atoms with Gasteiger partial charge in [0.25, 0.3) is 0 Å². The van der Waals surface area contributed by atoms with Crippen LogP contribution in [0.15, 0.2) is 18.2 Å². The Balaban J connectivity index is 1.70. The molecule has 2 N–H and O–H groups in total. The highest BCUT2D eigenvalue weighted by Gasteiger charge is 2.57. The van der Waals surface area contributed by atoms with Crippen molar-refractivity contribution >= 4 is 11.6 Å². The summed E-state index contributed by atoms with van der Waals surface area (Å²) in [5.41, 5.74) is -0.240. The van der Waals surface area contributed by atoms with Crippen LogP contribution in [-0.2, 0) is 11.0 Å². The number of hydrogen-bond acceptors (Lipinski definition) is 2. The van der Waals surface area contributed by atoms with Gasteiger partial charge >= 0.3 is 6.18 Å². The fourth-order valence-electron chi connectivity index (χ4n) is 3.43. The molecule has 1 aliphatic heterocycles. The number of hydrogen-bond donors (Lipinski definition) is 2. The molecule has 22 heavy (non-hydrogen) atoms. The number of halogens is 3. The standard InChI is InChI=1S/C16H19F3N2O/c1-10-2-3-11(8-12(10)16(17,18)19)21-14(22)13-9-15(13)4-6-20-7-5-15/h2-3,8,13,20H,4-7,9H2,1H3,(H,21,22). The minimum Gasteiger partial charge on any atom is -0.326 e. The first-order valence-corrected chi connectivity index (χ1v) is 7.51. The minimum absolute atomic E-state index is 0.0646. The second-order valence-corrected chi connectivity index (χ2v) is 6.39. The van der Waals surface area contributed by atoms with Gasteiger partial charge in [-0.3, -0.25) is 4.79 Å². The number of carbonyl (C=O) groups is 1. The van der Waals surface area contributed by atoms with Gasteiger partial charge in [0.05, 0.1) is 5.56 Å². The van der Waals surface area contributed by atoms with Crippen LogP contribution < -0.4 is 10.6 Å². The highest BCUT2D eigenvalue weighted by molar-refractivity contribution is 5.95. The average Bonchev–Trinajstić information content (AvgIpc) is 3.14. The molecule has 0 radical (unpaired) electrons. The van der Waals surface area contributed by atoms with Crippen LogP contribution in [0.5, 0.6) is 0 Å². The summed E-state index contributed by atoms with van der Waals surface area (Å²) in [6, 6.07) is 3.94. The van der Waals surface area contributed by atoms with E-state index in [9.17, 15) is 18.0 Å². The summed E-state index contributed by atoms with van der Waals surface area (Å²) in [7, 11) is 0. The first-order valence-electron chi connectivity index (χ1n) is 7.51.